The second-order valence-corrected chi connectivity index (χ2v) is 8.21. The normalized spacial score (nSPS) is 14.8. The Morgan fingerprint density at radius 1 is 1.21 bits per heavy atom. The number of allylic oxidation sites excluding steroid dienone is 1. The Hall–Kier alpha value is -2.54. The lowest BCUT2D eigenvalue weighted by atomic mass is 9.89. The molecule has 3 aromatic rings. The average Bonchev–Trinajstić information content (AvgIpc) is 3.40. The Morgan fingerprint density at radius 3 is 2.72 bits per heavy atom. The SMILES string of the molecule is C=CCn1c(SCc2cc(-c3ccc(OC)cc3)no2)nnc1C1CCCCC1. The van der Waals surface area contributed by atoms with Gasteiger partial charge >= 0.3 is 0 Å². The first-order valence-electron chi connectivity index (χ1n) is 10.1. The minimum atomic E-state index is 0.512. The maximum Gasteiger partial charge on any atom is 0.191 e. The Bertz CT molecular complexity index is 942. The van der Waals surface area contributed by atoms with Gasteiger partial charge in [-0.2, -0.15) is 0 Å². The summed E-state index contributed by atoms with van der Waals surface area (Å²) in [7, 11) is 1.66. The molecular formula is C22H26N4O2S. The number of thioether (sulfide) groups is 1. The molecule has 29 heavy (non-hydrogen) atoms. The Kier molecular flexibility index (Phi) is 6.34. The summed E-state index contributed by atoms with van der Waals surface area (Å²) < 4.78 is 12.9. The van der Waals surface area contributed by atoms with Crippen LogP contribution in [0.15, 0.2) is 52.7 Å². The quantitative estimate of drug-likeness (QED) is 0.362. The van der Waals surface area contributed by atoms with Gasteiger partial charge in [-0.05, 0) is 37.1 Å². The van der Waals surface area contributed by atoms with Crippen molar-refractivity contribution < 1.29 is 9.26 Å². The molecule has 0 unspecified atom stereocenters. The first kappa shape index (κ1) is 19.8. The highest BCUT2D eigenvalue weighted by molar-refractivity contribution is 7.98. The molecule has 2 aromatic heterocycles. The summed E-state index contributed by atoms with van der Waals surface area (Å²) in [5.74, 6) is 3.90. The molecule has 1 saturated carbocycles. The molecule has 0 saturated heterocycles. The number of aromatic nitrogens is 4. The van der Waals surface area contributed by atoms with Crippen molar-refractivity contribution in [2.45, 2.75) is 55.5 Å². The zero-order chi connectivity index (χ0) is 20.1. The van der Waals surface area contributed by atoms with E-state index in [1.54, 1.807) is 18.9 Å². The molecule has 1 aliphatic rings. The molecule has 1 aliphatic carbocycles. The van der Waals surface area contributed by atoms with E-state index in [1.807, 2.05) is 36.4 Å². The minimum absolute atomic E-state index is 0.512. The molecular weight excluding hydrogens is 384 g/mol. The number of hydrogen-bond donors (Lipinski definition) is 0. The van der Waals surface area contributed by atoms with Crippen LogP contribution in [0.2, 0.25) is 0 Å². The van der Waals surface area contributed by atoms with Gasteiger partial charge in [0.1, 0.15) is 23.0 Å². The van der Waals surface area contributed by atoms with Gasteiger partial charge in [0.05, 0.1) is 12.9 Å². The van der Waals surface area contributed by atoms with Gasteiger partial charge in [-0.1, -0.05) is 42.3 Å². The molecule has 0 bridgehead atoms. The highest BCUT2D eigenvalue weighted by Gasteiger charge is 2.23. The van der Waals surface area contributed by atoms with E-state index >= 15 is 0 Å². The van der Waals surface area contributed by atoms with Crippen molar-refractivity contribution in [3.63, 3.8) is 0 Å². The number of hydrogen-bond acceptors (Lipinski definition) is 6. The van der Waals surface area contributed by atoms with Crippen molar-refractivity contribution in [3.8, 4) is 17.0 Å². The van der Waals surface area contributed by atoms with Gasteiger partial charge in [0.25, 0.3) is 0 Å². The van der Waals surface area contributed by atoms with Crippen LogP contribution in [0.1, 0.15) is 49.6 Å². The number of benzene rings is 1. The van der Waals surface area contributed by atoms with Gasteiger partial charge in [0, 0.05) is 24.1 Å². The van der Waals surface area contributed by atoms with Gasteiger partial charge in [-0.15, -0.1) is 16.8 Å². The molecule has 0 aliphatic heterocycles. The van der Waals surface area contributed by atoms with Gasteiger partial charge in [0.2, 0.25) is 0 Å². The predicted octanol–water partition coefficient (Wildman–Crippen LogP) is 5.47. The van der Waals surface area contributed by atoms with Crippen LogP contribution < -0.4 is 4.74 Å². The number of ether oxygens (including phenoxy) is 1. The lowest BCUT2D eigenvalue weighted by Crippen LogP contribution is -2.12. The highest BCUT2D eigenvalue weighted by atomic mass is 32.2. The predicted molar refractivity (Wildman–Crippen MR) is 114 cm³/mol. The second-order valence-electron chi connectivity index (χ2n) is 7.27. The van der Waals surface area contributed by atoms with Crippen LogP contribution >= 0.6 is 11.8 Å². The van der Waals surface area contributed by atoms with Crippen LogP contribution in [0.5, 0.6) is 5.75 Å². The van der Waals surface area contributed by atoms with Crippen molar-refractivity contribution in [1.82, 2.24) is 19.9 Å². The average molecular weight is 411 g/mol. The maximum atomic E-state index is 5.54. The zero-order valence-corrected chi connectivity index (χ0v) is 17.5. The molecule has 0 N–H and O–H groups in total. The van der Waals surface area contributed by atoms with E-state index in [0.717, 1.165) is 40.3 Å². The summed E-state index contributed by atoms with van der Waals surface area (Å²) in [4.78, 5) is 0. The van der Waals surface area contributed by atoms with Crippen molar-refractivity contribution in [2.24, 2.45) is 0 Å². The summed E-state index contributed by atoms with van der Waals surface area (Å²) in [6.07, 6.45) is 8.20. The Labute approximate surface area is 175 Å². The standard InChI is InChI=1S/C22H26N4O2S/c1-3-13-26-21(17-7-5-4-6-8-17)23-24-22(26)29-15-19-14-20(25-28-19)16-9-11-18(27-2)12-10-16/h3,9-12,14,17H,1,4-8,13,15H2,2H3. The largest absolute Gasteiger partial charge is 0.497 e. The molecule has 152 valence electrons. The van der Waals surface area contributed by atoms with E-state index in [9.17, 15) is 0 Å². The van der Waals surface area contributed by atoms with E-state index in [2.05, 4.69) is 26.5 Å². The van der Waals surface area contributed by atoms with Crippen LogP contribution in [0, 0.1) is 0 Å². The molecule has 2 heterocycles. The molecule has 4 rings (SSSR count). The first-order chi connectivity index (χ1) is 14.3. The lowest BCUT2D eigenvalue weighted by Gasteiger charge is -2.21. The third-order valence-corrected chi connectivity index (χ3v) is 6.30. The summed E-state index contributed by atoms with van der Waals surface area (Å²) in [5.41, 5.74) is 1.82. The summed E-state index contributed by atoms with van der Waals surface area (Å²) in [6, 6.07) is 9.77. The third-order valence-electron chi connectivity index (χ3n) is 5.32. The van der Waals surface area contributed by atoms with Crippen LogP contribution in [0.25, 0.3) is 11.3 Å². The van der Waals surface area contributed by atoms with E-state index in [4.69, 9.17) is 9.26 Å². The van der Waals surface area contributed by atoms with E-state index < -0.39 is 0 Å². The molecule has 1 aromatic carbocycles. The van der Waals surface area contributed by atoms with E-state index in [0.29, 0.717) is 11.7 Å². The van der Waals surface area contributed by atoms with Gasteiger partial charge in [0.15, 0.2) is 5.16 Å². The smallest absolute Gasteiger partial charge is 0.191 e. The van der Waals surface area contributed by atoms with E-state index in [-0.39, 0.29) is 0 Å². The van der Waals surface area contributed by atoms with Crippen LogP contribution in [0.4, 0.5) is 0 Å². The van der Waals surface area contributed by atoms with Crippen LogP contribution in [-0.4, -0.2) is 27.0 Å². The zero-order valence-electron chi connectivity index (χ0n) is 16.7. The van der Waals surface area contributed by atoms with Crippen molar-refractivity contribution in [2.75, 3.05) is 7.11 Å². The maximum absolute atomic E-state index is 5.54. The lowest BCUT2D eigenvalue weighted by molar-refractivity contribution is 0.397. The molecule has 0 atom stereocenters. The topological polar surface area (TPSA) is 66.0 Å². The molecule has 1 fully saturated rings. The van der Waals surface area contributed by atoms with Crippen LogP contribution in [0.3, 0.4) is 0 Å². The Morgan fingerprint density at radius 2 is 2.00 bits per heavy atom. The number of nitrogens with zero attached hydrogens (tertiary/aromatic N) is 4. The van der Waals surface area contributed by atoms with Crippen molar-refractivity contribution in [1.29, 1.82) is 0 Å². The van der Waals surface area contributed by atoms with Crippen LogP contribution in [-0.2, 0) is 12.3 Å². The van der Waals surface area contributed by atoms with Gasteiger partial charge in [-0.25, -0.2) is 0 Å². The van der Waals surface area contributed by atoms with Gasteiger partial charge < -0.3 is 13.8 Å². The molecule has 0 spiro atoms. The molecule has 6 nitrogen and oxygen atoms in total. The minimum Gasteiger partial charge on any atom is -0.497 e. The summed E-state index contributed by atoms with van der Waals surface area (Å²) in [6.45, 7) is 4.64. The summed E-state index contributed by atoms with van der Waals surface area (Å²) in [5, 5.41) is 14.1. The van der Waals surface area contributed by atoms with E-state index in [1.165, 1.54) is 32.1 Å². The van der Waals surface area contributed by atoms with Crippen molar-refractivity contribution >= 4 is 11.8 Å². The Balaban J connectivity index is 1.45. The fraction of sp³-hybridized carbons (Fsp3) is 0.409. The fourth-order valence-electron chi connectivity index (χ4n) is 3.78. The first-order valence-corrected chi connectivity index (χ1v) is 11.0. The number of rotatable bonds is 8. The highest BCUT2D eigenvalue weighted by Crippen LogP contribution is 2.34. The molecule has 0 amide bonds. The number of methoxy groups -OCH3 is 1. The second kappa shape index (κ2) is 9.31. The molecule has 7 heteroatoms. The fourth-order valence-corrected chi connectivity index (χ4v) is 4.61. The third kappa shape index (κ3) is 4.56. The monoisotopic (exact) mass is 410 g/mol. The summed E-state index contributed by atoms with van der Waals surface area (Å²) >= 11 is 1.63. The van der Waals surface area contributed by atoms with Crippen molar-refractivity contribution in [3.05, 3.63) is 54.6 Å². The molecule has 0 radical (unpaired) electrons. The van der Waals surface area contributed by atoms with Gasteiger partial charge in [-0.3, -0.25) is 0 Å².